The third-order valence-electron chi connectivity index (χ3n) is 6.19. The van der Waals surface area contributed by atoms with Gasteiger partial charge in [-0.25, -0.2) is 9.36 Å². The van der Waals surface area contributed by atoms with Gasteiger partial charge in [0.25, 0.3) is 0 Å². The molecule has 0 radical (unpaired) electrons. The van der Waals surface area contributed by atoms with Gasteiger partial charge in [0, 0.05) is 29.2 Å². The second-order valence-electron chi connectivity index (χ2n) is 9.44. The van der Waals surface area contributed by atoms with Crippen LogP contribution in [0.4, 0.5) is 0 Å². The fourth-order valence-corrected chi connectivity index (χ4v) is 4.37. The molecule has 8 heteroatoms. The van der Waals surface area contributed by atoms with Crippen LogP contribution < -0.4 is 4.74 Å². The van der Waals surface area contributed by atoms with Crippen molar-refractivity contribution in [3.63, 3.8) is 0 Å². The average molecular weight is 473 g/mol. The van der Waals surface area contributed by atoms with E-state index in [4.69, 9.17) is 9.84 Å². The molecule has 0 saturated carbocycles. The average Bonchev–Trinajstić information content (AvgIpc) is 3.53. The van der Waals surface area contributed by atoms with Gasteiger partial charge in [-0.15, -0.1) is 5.10 Å². The van der Waals surface area contributed by atoms with Crippen LogP contribution in [0, 0.1) is 11.3 Å². The number of methoxy groups -OCH3 is 1. The van der Waals surface area contributed by atoms with Gasteiger partial charge in [0.05, 0.1) is 41.9 Å². The molecule has 2 aromatic carbocycles. The summed E-state index contributed by atoms with van der Waals surface area (Å²) in [6.45, 7) is 6.43. The number of aromatic nitrogens is 5. The molecule has 5 rings (SSSR count). The minimum atomic E-state index is -0.0438. The highest BCUT2D eigenvalue weighted by Crippen LogP contribution is 2.39. The largest absolute Gasteiger partial charge is 0.494 e. The van der Waals surface area contributed by atoms with Crippen LogP contribution in [0.5, 0.6) is 5.75 Å². The third-order valence-corrected chi connectivity index (χ3v) is 6.19. The van der Waals surface area contributed by atoms with Crippen LogP contribution in [-0.2, 0) is 18.3 Å². The lowest BCUT2D eigenvalue weighted by molar-refractivity contribution is 0.411. The lowest BCUT2D eigenvalue weighted by Gasteiger charge is -2.15. The fraction of sp³-hybridized carbons (Fsp3) is 0.308. The first-order valence-electron chi connectivity index (χ1n) is 11.1. The Labute approximate surface area is 206 Å². The van der Waals surface area contributed by atoms with Crippen LogP contribution in [0.15, 0.2) is 54.7 Å². The second kappa shape index (κ2) is 8.99. The third kappa shape index (κ3) is 4.08. The summed E-state index contributed by atoms with van der Waals surface area (Å²) < 4.78 is 9.59. The quantitative estimate of drug-likeness (QED) is 0.428. The number of nitrogens with zero attached hydrogens (tertiary/aromatic N) is 6. The number of rotatable bonds is 4. The highest BCUT2D eigenvalue weighted by molar-refractivity contribution is 7.59. The molecule has 174 valence electrons. The van der Waals surface area contributed by atoms with E-state index in [-0.39, 0.29) is 25.0 Å². The summed E-state index contributed by atoms with van der Waals surface area (Å²) in [5.41, 5.74) is 6.76. The molecular formula is C26H28N6OS. The summed E-state index contributed by atoms with van der Waals surface area (Å²) in [7, 11) is 1.67. The molecule has 1 atom stereocenters. The molecule has 0 spiro atoms. The van der Waals surface area contributed by atoms with Crippen molar-refractivity contribution in [1.29, 1.82) is 5.26 Å². The van der Waals surface area contributed by atoms with Gasteiger partial charge in [0.2, 0.25) is 0 Å². The van der Waals surface area contributed by atoms with Crippen LogP contribution in [0.3, 0.4) is 0 Å². The summed E-state index contributed by atoms with van der Waals surface area (Å²) >= 11 is 0. The predicted octanol–water partition coefficient (Wildman–Crippen LogP) is 4.76. The molecule has 2 heterocycles. The smallest absolute Gasteiger partial charge is 0.144 e. The molecule has 1 aliphatic rings. The number of hydrogen-bond acceptors (Lipinski definition) is 5. The number of ether oxygens (including phenoxy) is 1. The van der Waals surface area contributed by atoms with Gasteiger partial charge < -0.3 is 4.74 Å². The standard InChI is InChI=1S/C26H26N6O.H2S/c1-26(2,3)24-16-31(30-28-24)19-13-20-21(14-19)29-32(22-7-5-6-8-23(22)33-4)25(20)18-11-9-17(15-27)10-12-18;/h5-12,16,19H,13-14H2,1-4H3;1H2/t19-;/m0./s1. The number of para-hydroxylation sites is 2. The molecular weight excluding hydrogens is 444 g/mol. The zero-order chi connectivity index (χ0) is 23.2. The number of benzene rings is 2. The Hall–Kier alpha value is -3.57. The molecule has 2 aromatic heterocycles. The topological polar surface area (TPSA) is 81.5 Å². The first-order chi connectivity index (χ1) is 15.9. The molecule has 0 bridgehead atoms. The normalized spacial score (nSPS) is 14.9. The van der Waals surface area contributed by atoms with Gasteiger partial charge in [-0.2, -0.15) is 23.9 Å². The van der Waals surface area contributed by atoms with Crippen LogP contribution in [-0.4, -0.2) is 31.9 Å². The molecule has 4 aromatic rings. The lowest BCUT2D eigenvalue weighted by atomic mass is 9.93. The number of hydrogen-bond donors (Lipinski definition) is 0. The van der Waals surface area contributed by atoms with E-state index in [1.165, 1.54) is 5.56 Å². The Bertz CT molecular complexity index is 1360. The van der Waals surface area contributed by atoms with Gasteiger partial charge in [0.15, 0.2) is 0 Å². The van der Waals surface area contributed by atoms with Crippen molar-refractivity contribution in [3.05, 3.63) is 77.2 Å². The van der Waals surface area contributed by atoms with Crippen molar-refractivity contribution in [3.8, 4) is 28.8 Å². The molecule has 7 nitrogen and oxygen atoms in total. The van der Waals surface area contributed by atoms with E-state index in [1.54, 1.807) is 7.11 Å². The van der Waals surface area contributed by atoms with E-state index in [0.717, 1.165) is 46.9 Å². The van der Waals surface area contributed by atoms with Gasteiger partial charge in [-0.3, -0.25) is 0 Å². The van der Waals surface area contributed by atoms with Crippen molar-refractivity contribution < 1.29 is 4.74 Å². The maximum absolute atomic E-state index is 9.24. The van der Waals surface area contributed by atoms with Gasteiger partial charge in [-0.1, -0.05) is 50.3 Å². The maximum Gasteiger partial charge on any atom is 0.144 e. The SMILES string of the molecule is COc1ccccc1-n1nc2c(c1-c1ccc(C#N)cc1)C[C@H](n1cc(C(C)(C)C)nn1)C2.S. The molecule has 1 aliphatic carbocycles. The Balaban J connectivity index is 0.00000274. The molecule has 0 N–H and O–H groups in total. The van der Waals surface area contributed by atoms with Crippen molar-refractivity contribution in [1.82, 2.24) is 24.8 Å². The second-order valence-corrected chi connectivity index (χ2v) is 9.44. The van der Waals surface area contributed by atoms with Gasteiger partial charge >= 0.3 is 0 Å². The molecule has 0 saturated heterocycles. The Kier molecular flexibility index (Phi) is 6.24. The van der Waals surface area contributed by atoms with E-state index in [2.05, 4.69) is 43.3 Å². The van der Waals surface area contributed by atoms with E-state index < -0.39 is 0 Å². The lowest BCUT2D eigenvalue weighted by Crippen LogP contribution is -2.13. The van der Waals surface area contributed by atoms with Gasteiger partial charge in [0.1, 0.15) is 11.4 Å². The van der Waals surface area contributed by atoms with Crippen molar-refractivity contribution in [2.75, 3.05) is 7.11 Å². The van der Waals surface area contributed by atoms with E-state index in [9.17, 15) is 5.26 Å². The number of fused-ring (bicyclic) bond motifs is 1. The summed E-state index contributed by atoms with van der Waals surface area (Å²) in [6, 6.07) is 17.9. The maximum atomic E-state index is 9.24. The van der Waals surface area contributed by atoms with Crippen LogP contribution in [0.2, 0.25) is 0 Å². The van der Waals surface area contributed by atoms with E-state index in [1.807, 2.05) is 57.9 Å². The summed E-state index contributed by atoms with van der Waals surface area (Å²) in [6.07, 6.45) is 3.66. The van der Waals surface area contributed by atoms with E-state index in [0.29, 0.717) is 5.56 Å². The minimum Gasteiger partial charge on any atom is -0.494 e. The Morgan fingerprint density at radius 1 is 1.06 bits per heavy atom. The first-order valence-corrected chi connectivity index (χ1v) is 11.1. The monoisotopic (exact) mass is 472 g/mol. The molecule has 0 fully saturated rings. The highest BCUT2D eigenvalue weighted by atomic mass is 32.1. The minimum absolute atomic E-state index is 0. The van der Waals surface area contributed by atoms with Crippen molar-refractivity contribution in [2.24, 2.45) is 0 Å². The first kappa shape index (κ1) is 23.6. The highest BCUT2D eigenvalue weighted by Gasteiger charge is 2.33. The predicted molar refractivity (Wildman–Crippen MR) is 136 cm³/mol. The number of nitriles is 1. The van der Waals surface area contributed by atoms with Crippen LogP contribution in [0.1, 0.15) is 49.3 Å². The summed E-state index contributed by atoms with van der Waals surface area (Å²) in [5, 5.41) is 23.1. The van der Waals surface area contributed by atoms with Gasteiger partial charge in [-0.05, 0) is 30.7 Å². The molecule has 0 unspecified atom stereocenters. The van der Waals surface area contributed by atoms with Crippen molar-refractivity contribution >= 4 is 13.5 Å². The fourth-order valence-electron chi connectivity index (χ4n) is 4.37. The van der Waals surface area contributed by atoms with Crippen LogP contribution in [0.25, 0.3) is 16.9 Å². The Morgan fingerprint density at radius 2 is 1.79 bits per heavy atom. The molecule has 34 heavy (non-hydrogen) atoms. The van der Waals surface area contributed by atoms with Crippen molar-refractivity contribution in [2.45, 2.75) is 45.1 Å². The molecule has 0 aliphatic heterocycles. The van der Waals surface area contributed by atoms with Crippen LogP contribution >= 0.6 is 13.5 Å². The van der Waals surface area contributed by atoms with E-state index >= 15 is 0 Å². The molecule has 0 amide bonds. The summed E-state index contributed by atoms with van der Waals surface area (Å²) in [5.74, 6) is 0.760. The summed E-state index contributed by atoms with van der Waals surface area (Å²) in [4.78, 5) is 0. The zero-order valence-electron chi connectivity index (χ0n) is 19.8. The Morgan fingerprint density at radius 3 is 2.44 bits per heavy atom. The zero-order valence-corrected chi connectivity index (χ0v) is 20.8.